The molecule has 1 saturated heterocycles. The fraction of sp³-hybridized carbons (Fsp3) is 0.429. The van der Waals surface area contributed by atoms with Crippen molar-refractivity contribution in [1.82, 2.24) is 20.1 Å². The topological polar surface area (TPSA) is 43.8 Å². The first-order chi connectivity index (χ1) is 13.6. The first-order valence-electron chi connectivity index (χ1n) is 9.59. The van der Waals surface area contributed by atoms with Crippen LogP contribution in [0.1, 0.15) is 16.7 Å². The smallest absolute Gasteiger partial charge is 0.193 e. The molecule has 2 heterocycles. The summed E-state index contributed by atoms with van der Waals surface area (Å²) in [5.41, 5.74) is 3.08. The van der Waals surface area contributed by atoms with Crippen LogP contribution in [-0.2, 0) is 13.0 Å². The number of hydrogen-bond acceptors (Lipinski definition) is 3. The maximum absolute atomic E-state index is 14.0. The van der Waals surface area contributed by atoms with E-state index in [-0.39, 0.29) is 5.82 Å². The number of rotatable bonds is 5. The maximum atomic E-state index is 14.0. The molecule has 0 radical (unpaired) electrons. The van der Waals surface area contributed by atoms with E-state index in [9.17, 15) is 4.39 Å². The van der Waals surface area contributed by atoms with Gasteiger partial charge in [-0.1, -0.05) is 17.7 Å². The molecule has 1 aliphatic rings. The molecule has 1 N–H and O–H groups in total. The fourth-order valence-electron chi connectivity index (χ4n) is 3.45. The third-order valence-corrected chi connectivity index (χ3v) is 5.50. The highest BCUT2D eigenvalue weighted by Gasteiger charge is 2.21. The number of aliphatic imine (C=N–C) groups is 1. The summed E-state index contributed by atoms with van der Waals surface area (Å²) >= 11 is 6.16. The zero-order chi connectivity index (χ0) is 19.9. The van der Waals surface area contributed by atoms with Crippen molar-refractivity contribution in [2.24, 2.45) is 4.99 Å². The van der Waals surface area contributed by atoms with Crippen LogP contribution in [0, 0.1) is 12.7 Å². The average molecular weight is 404 g/mol. The largest absolute Gasteiger partial charge is 0.356 e. The lowest BCUT2D eigenvalue weighted by Crippen LogP contribution is -2.52. The summed E-state index contributed by atoms with van der Waals surface area (Å²) < 4.78 is 14.0. The number of piperazine rings is 1. The molecule has 0 unspecified atom stereocenters. The van der Waals surface area contributed by atoms with Crippen molar-refractivity contribution in [3.05, 3.63) is 64.2 Å². The van der Waals surface area contributed by atoms with Gasteiger partial charge in [0.1, 0.15) is 5.82 Å². The molecule has 28 heavy (non-hydrogen) atoms. The number of aryl methyl sites for hydroxylation is 1. The van der Waals surface area contributed by atoms with Gasteiger partial charge in [-0.25, -0.2) is 4.39 Å². The van der Waals surface area contributed by atoms with E-state index in [1.807, 2.05) is 19.4 Å². The van der Waals surface area contributed by atoms with Crippen molar-refractivity contribution >= 4 is 17.6 Å². The molecule has 5 nitrogen and oxygen atoms in total. The zero-order valence-corrected chi connectivity index (χ0v) is 17.2. The highest BCUT2D eigenvalue weighted by atomic mass is 35.5. The van der Waals surface area contributed by atoms with Crippen LogP contribution >= 0.6 is 11.6 Å². The normalized spacial score (nSPS) is 15.7. The van der Waals surface area contributed by atoms with Crippen LogP contribution in [0.5, 0.6) is 0 Å². The van der Waals surface area contributed by atoms with Crippen LogP contribution in [0.4, 0.5) is 4.39 Å². The van der Waals surface area contributed by atoms with Gasteiger partial charge in [0.2, 0.25) is 0 Å². The summed E-state index contributed by atoms with van der Waals surface area (Å²) in [5, 5.41) is 3.95. The molecule has 0 atom stereocenters. The third-order valence-electron chi connectivity index (χ3n) is 5.14. The molecule has 150 valence electrons. The Bertz CT molecular complexity index is 798. The van der Waals surface area contributed by atoms with E-state index in [1.165, 1.54) is 17.2 Å². The van der Waals surface area contributed by atoms with Crippen molar-refractivity contribution in [3.8, 4) is 0 Å². The molecular weight excluding hydrogens is 377 g/mol. The van der Waals surface area contributed by atoms with Gasteiger partial charge in [-0.15, -0.1) is 0 Å². The summed E-state index contributed by atoms with van der Waals surface area (Å²) in [6, 6.07) is 6.91. The molecule has 1 aromatic heterocycles. The Labute approximate surface area is 171 Å². The molecule has 0 bridgehead atoms. The predicted octanol–water partition coefficient (Wildman–Crippen LogP) is 3.12. The fourth-order valence-corrected chi connectivity index (χ4v) is 3.67. The Balaban J connectivity index is 1.48. The zero-order valence-electron chi connectivity index (χ0n) is 16.5. The molecule has 1 aliphatic heterocycles. The van der Waals surface area contributed by atoms with E-state index >= 15 is 0 Å². The SMILES string of the molecule is CN=C(NCCc1ccncc1C)N1CCN(Cc2c(F)cccc2Cl)CC1. The van der Waals surface area contributed by atoms with Crippen molar-refractivity contribution in [2.75, 3.05) is 39.8 Å². The average Bonchev–Trinajstić information content (AvgIpc) is 2.70. The van der Waals surface area contributed by atoms with Crippen LogP contribution in [-0.4, -0.2) is 60.5 Å². The lowest BCUT2D eigenvalue weighted by atomic mass is 10.1. The quantitative estimate of drug-likeness (QED) is 0.615. The number of hydrogen-bond donors (Lipinski definition) is 1. The summed E-state index contributed by atoms with van der Waals surface area (Å²) in [6.45, 7) is 6.82. The van der Waals surface area contributed by atoms with Gasteiger partial charge in [0, 0.05) is 69.3 Å². The molecule has 3 rings (SSSR count). The third kappa shape index (κ3) is 5.20. The minimum Gasteiger partial charge on any atom is -0.356 e. The van der Waals surface area contributed by atoms with Crippen molar-refractivity contribution in [2.45, 2.75) is 19.9 Å². The lowest BCUT2D eigenvalue weighted by Gasteiger charge is -2.36. The number of guanidine groups is 1. The predicted molar refractivity (Wildman–Crippen MR) is 112 cm³/mol. The monoisotopic (exact) mass is 403 g/mol. The van der Waals surface area contributed by atoms with Gasteiger partial charge in [-0.3, -0.25) is 14.9 Å². The Morgan fingerprint density at radius 3 is 2.71 bits per heavy atom. The van der Waals surface area contributed by atoms with Gasteiger partial charge < -0.3 is 10.2 Å². The lowest BCUT2D eigenvalue weighted by molar-refractivity contribution is 0.171. The first-order valence-corrected chi connectivity index (χ1v) is 9.96. The number of nitrogens with one attached hydrogen (secondary N) is 1. The molecule has 0 amide bonds. The second kappa shape index (κ2) is 9.85. The molecule has 1 fully saturated rings. The number of halogens is 2. The van der Waals surface area contributed by atoms with E-state index in [2.05, 4.69) is 38.1 Å². The van der Waals surface area contributed by atoms with Gasteiger partial charge in [0.05, 0.1) is 0 Å². The van der Waals surface area contributed by atoms with Crippen LogP contribution < -0.4 is 5.32 Å². The minimum absolute atomic E-state index is 0.237. The Morgan fingerprint density at radius 1 is 1.25 bits per heavy atom. The summed E-state index contributed by atoms with van der Waals surface area (Å²) in [7, 11) is 1.81. The number of benzene rings is 1. The molecule has 1 aromatic carbocycles. The maximum Gasteiger partial charge on any atom is 0.193 e. The Hall–Kier alpha value is -2.18. The first kappa shape index (κ1) is 20.6. The van der Waals surface area contributed by atoms with Crippen molar-refractivity contribution < 1.29 is 4.39 Å². The summed E-state index contributed by atoms with van der Waals surface area (Å²) in [5.74, 6) is 0.675. The summed E-state index contributed by atoms with van der Waals surface area (Å²) in [4.78, 5) is 13.0. The van der Waals surface area contributed by atoms with Gasteiger partial charge >= 0.3 is 0 Å². The second-order valence-electron chi connectivity index (χ2n) is 6.99. The highest BCUT2D eigenvalue weighted by Crippen LogP contribution is 2.21. The van der Waals surface area contributed by atoms with Gasteiger partial charge in [0.25, 0.3) is 0 Å². The molecule has 2 aromatic rings. The van der Waals surface area contributed by atoms with E-state index in [0.29, 0.717) is 17.1 Å². The van der Waals surface area contributed by atoms with Crippen molar-refractivity contribution in [3.63, 3.8) is 0 Å². The van der Waals surface area contributed by atoms with Crippen LogP contribution in [0.15, 0.2) is 41.7 Å². The standard InChI is InChI=1S/C21H27ClFN5/c1-16-14-25-8-6-17(16)7-9-26-21(24-2)28-12-10-27(11-13-28)15-18-19(22)4-3-5-20(18)23/h3-6,8,14H,7,9-13,15H2,1-2H3,(H,24,26). The highest BCUT2D eigenvalue weighted by molar-refractivity contribution is 6.31. The minimum atomic E-state index is -0.237. The number of pyridine rings is 1. The molecule has 0 aliphatic carbocycles. The van der Waals surface area contributed by atoms with Gasteiger partial charge in [0.15, 0.2) is 5.96 Å². The van der Waals surface area contributed by atoms with Crippen LogP contribution in [0.2, 0.25) is 5.02 Å². The molecule has 0 spiro atoms. The number of aromatic nitrogens is 1. The van der Waals surface area contributed by atoms with E-state index < -0.39 is 0 Å². The second-order valence-corrected chi connectivity index (χ2v) is 7.40. The van der Waals surface area contributed by atoms with Crippen LogP contribution in [0.25, 0.3) is 0 Å². The van der Waals surface area contributed by atoms with Gasteiger partial charge in [-0.2, -0.15) is 0 Å². The Morgan fingerprint density at radius 2 is 2.04 bits per heavy atom. The Kier molecular flexibility index (Phi) is 7.23. The molecular formula is C21H27ClFN5. The summed E-state index contributed by atoms with van der Waals surface area (Å²) in [6.07, 6.45) is 4.66. The van der Waals surface area contributed by atoms with Gasteiger partial charge in [-0.05, 0) is 42.7 Å². The van der Waals surface area contributed by atoms with E-state index in [1.54, 1.807) is 12.1 Å². The van der Waals surface area contributed by atoms with E-state index in [0.717, 1.165) is 45.1 Å². The number of nitrogens with zero attached hydrogens (tertiary/aromatic N) is 4. The van der Waals surface area contributed by atoms with Crippen molar-refractivity contribution in [1.29, 1.82) is 0 Å². The molecule has 7 heteroatoms. The van der Waals surface area contributed by atoms with E-state index in [4.69, 9.17) is 11.6 Å². The van der Waals surface area contributed by atoms with Crippen LogP contribution in [0.3, 0.4) is 0 Å². The molecule has 0 saturated carbocycles.